The van der Waals surface area contributed by atoms with Gasteiger partial charge in [-0.15, -0.1) is 0 Å². The molecule has 0 bridgehead atoms. The molecular weight excluding hydrogens is 426 g/mol. The molecule has 0 atom stereocenters. The summed E-state index contributed by atoms with van der Waals surface area (Å²) >= 11 is 0. The molecule has 0 spiro atoms. The van der Waals surface area contributed by atoms with E-state index < -0.39 is 0 Å². The second kappa shape index (κ2) is 7.78. The summed E-state index contributed by atoms with van der Waals surface area (Å²) in [6, 6.07) is 43.7. The van der Waals surface area contributed by atoms with Crippen molar-refractivity contribution in [3.63, 3.8) is 0 Å². The van der Waals surface area contributed by atoms with Crippen LogP contribution in [0.2, 0.25) is 0 Å². The van der Waals surface area contributed by atoms with Crippen molar-refractivity contribution in [2.75, 3.05) is 23.5 Å². The van der Waals surface area contributed by atoms with Gasteiger partial charge in [0.25, 0.3) is 0 Å². The highest BCUT2D eigenvalue weighted by atomic mass is 15.4. The van der Waals surface area contributed by atoms with Crippen LogP contribution in [0.15, 0.2) is 121 Å². The maximum atomic E-state index is 2.37. The molecule has 3 heteroatoms. The maximum absolute atomic E-state index is 2.37. The molecular formula is C32H25N3. The van der Waals surface area contributed by atoms with Crippen LogP contribution in [0.3, 0.4) is 0 Å². The molecule has 0 saturated carbocycles. The Morgan fingerprint density at radius 3 is 2.00 bits per heavy atom. The summed E-state index contributed by atoms with van der Waals surface area (Å²) in [5.74, 6) is 0. The van der Waals surface area contributed by atoms with Crippen molar-refractivity contribution in [2.24, 2.45) is 0 Å². The summed E-state index contributed by atoms with van der Waals surface area (Å²) < 4.78 is 2.37. The van der Waals surface area contributed by atoms with Crippen LogP contribution in [-0.2, 0) is 0 Å². The first-order valence-corrected chi connectivity index (χ1v) is 12.0. The van der Waals surface area contributed by atoms with Crippen LogP contribution >= 0.6 is 0 Å². The number of aromatic nitrogens is 1. The minimum Gasteiger partial charge on any atom is -0.355 e. The van der Waals surface area contributed by atoms with Gasteiger partial charge in [-0.1, -0.05) is 72.8 Å². The van der Waals surface area contributed by atoms with Crippen molar-refractivity contribution in [3.8, 4) is 16.8 Å². The summed E-state index contributed by atoms with van der Waals surface area (Å²) in [6.07, 6.45) is 0. The van der Waals surface area contributed by atoms with Crippen LogP contribution in [0.1, 0.15) is 0 Å². The number of hydrogen-bond donors (Lipinski definition) is 0. The molecule has 0 fully saturated rings. The van der Waals surface area contributed by atoms with Gasteiger partial charge in [-0.2, -0.15) is 0 Å². The molecule has 1 aromatic heterocycles. The van der Waals surface area contributed by atoms with Crippen molar-refractivity contribution in [3.05, 3.63) is 121 Å². The quantitative estimate of drug-likeness (QED) is 0.270. The Hall–Kier alpha value is -4.50. The third kappa shape index (κ3) is 3.12. The van der Waals surface area contributed by atoms with Gasteiger partial charge in [-0.25, -0.2) is 0 Å². The predicted molar refractivity (Wildman–Crippen MR) is 148 cm³/mol. The van der Waals surface area contributed by atoms with Crippen molar-refractivity contribution < 1.29 is 0 Å². The fourth-order valence-corrected chi connectivity index (χ4v) is 5.44. The standard InChI is InChI=1S/C32H25N3/c1-33-22-34(31-14-8-7-13-30(31)33)25-18-15-23(16-19-25)24-17-20-28-27-11-5-6-12-29(27)35(32(28)21-24)26-9-3-2-4-10-26/h2-21H,22H2,1H3. The first kappa shape index (κ1) is 19.9. The molecule has 5 aromatic carbocycles. The molecule has 2 heterocycles. The lowest BCUT2D eigenvalue weighted by Gasteiger charge is -2.20. The number of rotatable bonds is 3. The van der Waals surface area contributed by atoms with E-state index >= 15 is 0 Å². The highest BCUT2D eigenvalue weighted by Gasteiger charge is 2.23. The Labute approximate surface area is 205 Å². The zero-order valence-corrected chi connectivity index (χ0v) is 19.6. The van der Waals surface area contributed by atoms with Crippen molar-refractivity contribution in [2.45, 2.75) is 0 Å². The Balaban J connectivity index is 1.33. The minimum absolute atomic E-state index is 0.863. The zero-order chi connectivity index (χ0) is 23.4. The van der Waals surface area contributed by atoms with Gasteiger partial charge in [0.15, 0.2) is 0 Å². The lowest BCUT2D eigenvalue weighted by molar-refractivity contribution is 0.950. The van der Waals surface area contributed by atoms with Gasteiger partial charge < -0.3 is 14.4 Å². The van der Waals surface area contributed by atoms with E-state index in [1.54, 1.807) is 0 Å². The van der Waals surface area contributed by atoms with E-state index in [0.29, 0.717) is 0 Å². The minimum atomic E-state index is 0.863. The summed E-state index contributed by atoms with van der Waals surface area (Å²) in [4.78, 5) is 4.66. The first-order chi connectivity index (χ1) is 17.3. The Morgan fingerprint density at radius 2 is 1.17 bits per heavy atom. The van der Waals surface area contributed by atoms with E-state index in [0.717, 1.165) is 6.67 Å². The molecule has 35 heavy (non-hydrogen) atoms. The largest absolute Gasteiger partial charge is 0.355 e. The van der Waals surface area contributed by atoms with Crippen LogP contribution in [0, 0.1) is 0 Å². The van der Waals surface area contributed by atoms with Gasteiger partial charge in [-0.05, 0) is 59.7 Å². The molecule has 6 aromatic rings. The summed E-state index contributed by atoms with van der Waals surface area (Å²) in [5, 5.41) is 2.56. The van der Waals surface area contributed by atoms with Crippen LogP contribution in [0.5, 0.6) is 0 Å². The topological polar surface area (TPSA) is 11.4 Å². The predicted octanol–water partition coefficient (Wildman–Crippen LogP) is 8.00. The van der Waals surface area contributed by atoms with Gasteiger partial charge in [0, 0.05) is 29.2 Å². The number of benzene rings is 5. The highest BCUT2D eigenvalue weighted by molar-refractivity contribution is 6.10. The fourth-order valence-electron chi connectivity index (χ4n) is 5.44. The Morgan fingerprint density at radius 1 is 0.514 bits per heavy atom. The van der Waals surface area contributed by atoms with Crippen molar-refractivity contribution in [1.82, 2.24) is 4.57 Å². The average Bonchev–Trinajstić information content (AvgIpc) is 3.44. The number of nitrogens with zero attached hydrogens (tertiary/aromatic N) is 3. The normalized spacial score (nSPS) is 13.1. The molecule has 0 saturated heterocycles. The summed E-state index contributed by atoms with van der Waals surface area (Å²) in [6.45, 7) is 0.863. The van der Waals surface area contributed by atoms with Crippen LogP contribution in [0.25, 0.3) is 38.6 Å². The van der Waals surface area contributed by atoms with E-state index in [-0.39, 0.29) is 0 Å². The van der Waals surface area contributed by atoms with Gasteiger partial charge in [0.05, 0.1) is 29.1 Å². The summed E-state index contributed by atoms with van der Waals surface area (Å²) in [5.41, 5.74) is 9.84. The lowest BCUT2D eigenvalue weighted by atomic mass is 10.0. The van der Waals surface area contributed by atoms with Crippen LogP contribution in [-0.4, -0.2) is 18.3 Å². The molecule has 168 valence electrons. The average molecular weight is 452 g/mol. The SMILES string of the molecule is CN1CN(c2ccc(-c3ccc4c5ccccc5n(-c5ccccc5)c4c3)cc2)c2ccccc21. The van der Waals surface area contributed by atoms with E-state index in [1.165, 1.54) is 55.7 Å². The Kier molecular flexibility index (Phi) is 4.43. The van der Waals surface area contributed by atoms with Gasteiger partial charge >= 0.3 is 0 Å². The maximum Gasteiger partial charge on any atom is 0.0950 e. The van der Waals surface area contributed by atoms with E-state index in [9.17, 15) is 0 Å². The van der Waals surface area contributed by atoms with Crippen LogP contribution in [0.4, 0.5) is 17.1 Å². The molecule has 1 aliphatic rings. The van der Waals surface area contributed by atoms with Crippen molar-refractivity contribution >= 4 is 38.9 Å². The smallest absolute Gasteiger partial charge is 0.0950 e. The Bertz CT molecular complexity index is 1680. The van der Waals surface area contributed by atoms with E-state index in [2.05, 4.69) is 143 Å². The van der Waals surface area contributed by atoms with Gasteiger partial charge in [-0.3, -0.25) is 0 Å². The molecule has 7 rings (SSSR count). The zero-order valence-electron chi connectivity index (χ0n) is 19.6. The molecule has 1 aliphatic heterocycles. The lowest BCUT2D eigenvalue weighted by Crippen LogP contribution is -2.23. The van der Waals surface area contributed by atoms with Crippen molar-refractivity contribution in [1.29, 1.82) is 0 Å². The number of para-hydroxylation sites is 4. The van der Waals surface area contributed by atoms with Crippen LogP contribution < -0.4 is 9.80 Å². The number of hydrogen-bond acceptors (Lipinski definition) is 2. The molecule has 0 N–H and O–H groups in total. The third-order valence-corrected chi connectivity index (χ3v) is 7.14. The third-order valence-electron chi connectivity index (χ3n) is 7.14. The monoisotopic (exact) mass is 451 g/mol. The van der Waals surface area contributed by atoms with Gasteiger partial charge in [0.1, 0.15) is 0 Å². The molecule has 0 amide bonds. The molecule has 0 aliphatic carbocycles. The highest BCUT2D eigenvalue weighted by Crippen LogP contribution is 2.40. The fraction of sp³-hybridized carbons (Fsp3) is 0.0625. The molecule has 0 radical (unpaired) electrons. The second-order valence-electron chi connectivity index (χ2n) is 9.22. The first-order valence-electron chi connectivity index (χ1n) is 12.0. The van der Waals surface area contributed by atoms with E-state index in [4.69, 9.17) is 0 Å². The summed E-state index contributed by atoms with van der Waals surface area (Å²) in [7, 11) is 2.15. The molecule has 0 unspecified atom stereocenters. The molecule has 3 nitrogen and oxygen atoms in total. The van der Waals surface area contributed by atoms with E-state index in [1.807, 2.05) is 0 Å². The number of anilines is 3. The second-order valence-corrected chi connectivity index (χ2v) is 9.22. The van der Waals surface area contributed by atoms with Gasteiger partial charge in [0.2, 0.25) is 0 Å². The number of fused-ring (bicyclic) bond motifs is 4.